The van der Waals surface area contributed by atoms with E-state index >= 15 is 0 Å². The lowest BCUT2D eigenvalue weighted by Gasteiger charge is -2.35. The largest absolute Gasteiger partial charge is 0.374 e. The molecule has 0 spiro atoms. The maximum absolute atomic E-state index is 11.2. The van der Waals surface area contributed by atoms with Crippen molar-refractivity contribution in [3.05, 3.63) is 40.2 Å². The zero-order valence-electron chi connectivity index (χ0n) is 13.6. The second-order valence-corrected chi connectivity index (χ2v) is 6.26. The number of rotatable bonds is 5. The molecule has 1 aromatic heterocycles. The number of hydrogen-bond donors (Lipinski definition) is 0. The van der Waals surface area contributed by atoms with E-state index in [2.05, 4.69) is 14.3 Å². The maximum atomic E-state index is 11.2. The van der Waals surface area contributed by atoms with E-state index in [1.807, 2.05) is 17.9 Å². The van der Waals surface area contributed by atoms with Crippen LogP contribution in [-0.4, -0.2) is 47.6 Å². The highest BCUT2D eigenvalue weighted by molar-refractivity contribution is 7.09. The third-order valence-corrected chi connectivity index (χ3v) is 4.91. The number of aromatic nitrogens is 2. The molecule has 0 radical (unpaired) electrons. The highest BCUT2D eigenvalue weighted by Gasteiger charge is 2.25. The van der Waals surface area contributed by atoms with Crippen molar-refractivity contribution in [1.29, 1.82) is 0 Å². The maximum Gasteiger partial charge on any atom is 0.292 e. The topological polar surface area (TPSA) is 84.6 Å². The molecule has 1 aliphatic heterocycles. The number of anilines is 2. The van der Waals surface area contributed by atoms with Crippen LogP contribution >= 0.6 is 11.5 Å². The third-order valence-electron chi connectivity index (χ3n) is 4.12. The number of nitro benzene ring substituents is 1. The Morgan fingerprint density at radius 1 is 1.25 bits per heavy atom. The number of hydrogen-bond acceptors (Lipinski definition) is 8. The van der Waals surface area contributed by atoms with Crippen LogP contribution in [0.1, 0.15) is 18.9 Å². The van der Waals surface area contributed by atoms with Gasteiger partial charge in [0.1, 0.15) is 11.8 Å². The van der Waals surface area contributed by atoms with Crippen LogP contribution in [0.15, 0.2) is 24.3 Å². The fourth-order valence-corrected chi connectivity index (χ4v) is 3.45. The lowest BCUT2D eigenvalue weighted by molar-refractivity contribution is -0.384. The van der Waals surface area contributed by atoms with Crippen molar-refractivity contribution in [3.8, 4) is 0 Å². The molecule has 3 rings (SSSR count). The first kappa shape index (κ1) is 16.6. The number of para-hydroxylation sites is 2. The fourth-order valence-electron chi connectivity index (χ4n) is 2.65. The summed E-state index contributed by atoms with van der Waals surface area (Å²) in [6, 6.07) is 6.87. The highest BCUT2D eigenvalue weighted by atomic mass is 32.1. The summed E-state index contributed by atoms with van der Waals surface area (Å²) in [5.41, 5.74) is 0.825. The van der Waals surface area contributed by atoms with E-state index < -0.39 is 0 Å². The Morgan fingerprint density at radius 3 is 2.58 bits per heavy atom. The van der Waals surface area contributed by atoms with Crippen LogP contribution in [0.4, 0.5) is 16.5 Å². The smallest absolute Gasteiger partial charge is 0.292 e. The van der Waals surface area contributed by atoms with E-state index in [1.165, 1.54) is 11.5 Å². The van der Waals surface area contributed by atoms with Crippen LogP contribution in [0.2, 0.25) is 0 Å². The summed E-state index contributed by atoms with van der Waals surface area (Å²) in [6.07, 6.45) is -0.122. The first-order valence-electron chi connectivity index (χ1n) is 7.70. The predicted molar refractivity (Wildman–Crippen MR) is 92.9 cm³/mol. The third kappa shape index (κ3) is 3.31. The average molecular weight is 349 g/mol. The van der Waals surface area contributed by atoms with E-state index in [1.54, 1.807) is 25.3 Å². The summed E-state index contributed by atoms with van der Waals surface area (Å²) in [6.45, 7) is 4.83. The Labute approximate surface area is 144 Å². The second kappa shape index (κ2) is 7.10. The van der Waals surface area contributed by atoms with Crippen molar-refractivity contribution in [2.24, 2.45) is 0 Å². The van der Waals surface area contributed by atoms with Crippen LogP contribution in [0, 0.1) is 10.1 Å². The number of nitrogens with zero attached hydrogens (tertiary/aromatic N) is 5. The van der Waals surface area contributed by atoms with E-state index in [0.29, 0.717) is 24.6 Å². The molecule has 24 heavy (non-hydrogen) atoms. The summed E-state index contributed by atoms with van der Waals surface area (Å²) >= 11 is 1.36. The van der Waals surface area contributed by atoms with Crippen molar-refractivity contribution in [3.63, 3.8) is 0 Å². The molecule has 1 atom stereocenters. The van der Waals surface area contributed by atoms with Gasteiger partial charge in [0.2, 0.25) is 5.13 Å². The second-order valence-electron chi connectivity index (χ2n) is 5.53. The number of nitro groups is 1. The predicted octanol–water partition coefficient (Wildman–Crippen LogP) is 2.48. The monoisotopic (exact) mass is 349 g/mol. The van der Waals surface area contributed by atoms with Gasteiger partial charge >= 0.3 is 0 Å². The molecule has 0 bridgehead atoms. The molecule has 0 saturated carbocycles. The molecule has 0 unspecified atom stereocenters. The minimum Gasteiger partial charge on any atom is -0.374 e. The molecular formula is C15H19N5O3S. The van der Waals surface area contributed by atoms with Crippen LogP contribution in [0.3, 0.4) is 0 Å². The van der Waals surface area contributed by atoms with E-state index in [9.17, 15) is 10.1 Å². The van der Waals surface area contributed by atoms with Gasteiger partial charge in [0.05, 0.1) is 4.92 Å². The average Bonchev–Trinajstić information content (AvgIpc) is 3.11. The summed E-state index contributed by atoms with van der Waals surface area (Å²) < 4.78 is 9.58. The van der Waals surface area contributed by atoms with Crippen LogP contribution in [0.25, 0.3) is 0 Å². The van der Waals surface area contributed by atoms with Gasteiger partial charge in [-0.05, 0) is 13.0 Å². The minimum absolute atomic E-state index is 0.122. The Hall–Kier alpha value is -2.26. The zero-order valence-corrected chi connectivity index (χ0v) is 14.4. The van der Waals surface area contributed by atoms with Crippen molar-refractivity contribution in [2.45, 2.75) is 13.0 Å². The number of methoxy groups -OCH3 is 1. The van der Waals surface area contributed by atoms with Gasteiger partial charge in [-0.15, -0.1) is 0 Å². The first-order valence-corrected chi connectivity index (χ1v) is 8.47. The van der Waals surface area contributed by atoms with Gasteiger partial charge in [0.15, 0.2) is 5.82 Å². The molecule has 1 aliphatic rings. The van der Waals surface area contributed by atoms with Gasteiger partial charge in [-0.1, -0.05) is 12.1 Å². The molecule has 2 aromatic rings. The number of piperazine rings is 1. The zero-order chi connectivity index (χ0) is 17.1. The molecule has 0 aliphatic carbocycles. The standard InChI is InChI=1S/C15H19N5O3S/c1-11(23-2)14-16-15(24-17-14)19-9-7-18(8-10-19)12-5-3-4-6-13(12)20(21)22/h3-6,11H,7-10H2,1-2H3/t11-/m0/s1. The lowest BCUT2D eigenvalue weighted by atomic mass is 10.2. The molecular weight excluding hydrogens is 330 g/mol. The normalized spacial score (nSPS) is 16.2. The van der Waals surface area contributed by atoms with Crippen molar-refractivity contribution in [2.75, 3.05) is 43.1 Å². The van der Waals surface area contributed by atoms with Crippen LogP contribution in [-0.2, 0) is 4.74 Å². The van der Waals surface area contributed by atoms with Gasteiger partial charge in [0.25, 0.3) is 5.69 Å². The molecule has 0 amide bonds. The fraction of sp³-hybridized carbons (Fsp3) is 0.467. The summed E-state index contributed by atoms with van der Waals surface area (Å²) in [4.78, 5) is 19.6. The molecule has 0 N–H and O–H groups in total. The van der Waals surface area contributed by atoms with Gasteiger partial charge in [0, 0.05) is 50.9 Å². The first-order chi connectivity index (χ1) is 11.6. The highest BCUT2D eigenvalue weighted by Crippen LogP contribution is 2.29. The van der Waals surface area contributed by atoms with Gasteiger partial charge in [-0.2, -0.15) is 4.37 Å². The Kier molecular flexibility index (Phi) is 4.91. The Balaban J connectivity index is 1.68. The van der Waals surface area contributed by atoms with Crippen molar-refractivity contribution < 1.29 is 9.66 Å². The van der Waals surface area contributed by atoms with Crippen LogP contribution < -0.4 is 9.80 Å². The molecule has 1 saturated heterocycles. The van der Waals surface area contributed by atoms with E-state index in [0.717, 1.165) is 18.2 Å². The Bertz CT molecular complexity index is 715. The summed E-state index contributed by atoms with van der Waals surface area (Å²) in [7, 11) is 1.64. The van der Waals surface area contributed by atoms with Gasteiger partial charge in [-0.3, -0.25) is 10.1 Å². The molecule has 1 fully saturated rings. The quantitative estimate of drug-likeness (QED) is 0.605. The van der Waals surface area contributed by atoms with Crippen LogP contribution in [0.5, 0.6) is 0 Å². The molecule has 2 heterocycles. The molecule has 128 valence electrons. The number of ether oxygens (including phenoxy) is 1. The van der Waals surface area contributed by atoms with Crippen molar-refractivity contribution >= 4 is 28.0 Å². The minimum atomic E-state index is -0.329. The van der Waals surface area contributed by atoms with Gasteiger partial charge in [-0.25, -0.2) is 4.98 Å². The van der Waals surface area contributed by atoms with E-state index in [-0.39, 0.29) is 16.7 Å². The summed E-state index contributed by atoms with van der Waals surface area (Å²) in [5, 5.41) is 12.1. The van der Waals surface area contributed by atoms with E-state index in [4.69, 9.17) is 4.74 Å². The van der Waals surface area contributed by atoms with Crippen molar-refractivity contribution in [1.82, 2.24) is 9.36 Å². The summed E-state index contributed by atoms with van der Waals surface area (Å²) in [5.74, 6) is 0.693. The molecule has 9 heteroatoms. The lowest BCUT2D eigenvalue weighted by Crippen LogP contribution is -2.46. The number of benzene rings is 1. The van der Waals surface area contributed by atoms with Gasteiger partial charge < -0.3 is 14.5 Å². The molecule has 1 aromatic carbocycles. The SMILES string of the molecule is CO[C@@H](C)c1nsc(N2CCN(c3ccccc3[N+](=O)[O-])CC2)n1. The molecule has 8 nitrogen and oxygen atoms in total. The Morgan fingerprint density at radius 2 is 1.92 bits per heavy atom.